The van der Waals surface area contributed by atoms with E-state index >= 15 is 0 Å². The molecule has 1 fully saturated rings. The largest absolute Gasteiger partial charge is 0.369 e. The van der Waals surface area contributed by atoms with E-state index in [-0.39, 0.29) is 26.2 Å². The van der Waals surface area contributed by atoms with Crippen molar-refractivity contribution in [2.24, 2.45) is 22.9 Å². The van der Waals surface area contributed by atoms with Gasteiger partial charge in [0.1, 0.15) is 12.1 Å². The van der Waals surface area contributed by atoms with Crippen molar-refractivity contribution in [3.05, 3.63) is 0 Å². The topological polar surface area (TPSA) is 179 Å². The maximum absolute atomic E-state index is 11.4. The van der Waals surface area contributed by atoms with Crippen LogP contribution < -0.4 is 22.9 Å². The number of carbonyl (C=O) groups is 4. The third-order valence-electron chi connectivity index (χ3n) is 3.07. The van der Waals surface area contributed by atoms with E-state index in [0.717, 1.165) is 0 Å². The van der Waals surface area contributed by atoms with Crippen LogP contribution in [0.5, 0.6) is 0 Å². The molecule has 0 unspecified atom stereocenters. The van der Waals surface area contributed by atoms with Crippen LogP contribution in [0, 0.1) is 0 Å². The number of hydrogen-bond acceptors (Lipinski definition) is 6. The van der Waals surface area contributed by atoms with Crippen molar-refractivity contribution < 1.29 is 19.2 Å². The fraction of sp³-hybridized carbons (Fsp3) is 0.600. The molecular weight excluding hydrogens is 268 g/mol. The number of carbonyl (C=O) groups excluding carboxylic acids is 4. The molecule has 0 bridgehead atoms. The molecule has 0 aromatic carbocycles. The summed E-state index contributed by atoms with van der Waals surface area (Å²) in [5.41, 5.74) is 20.7. The minimum atomic E-state index is -0.850. The van der Waals surface area contributed by atoms with Gasteiger partial charge in [-0.2, -0.15) is 0 Å². The van der Waals surface area contributed by atoms with E-state index in [1.807, 2.05) is 0 Å². The smallest absolute Gasteiger partial charge is 0.236 e. The maximum Gasteiger partial charge on any atom is 0.236 e. The molecule has 1 heterocycles. The monoisotopic (exact) mass is 286 g/mol. The second-order valence-electron chi connectivity index (χ2n) is 4.63. The van der Waals surface area contributed by atoms with E-state index in [9.17, 15) is 19.2 Å². The van der Waals surface area contributed by atoms with Crippen LogP contribution in [0.15, 0.2) is 0 Å². The van der Waals surface area contributed by atoms with Gasteiger partial charge >= 0.3 is 0 Å². The average molecular weight is 286 g/mol. The highest BCUT2D eigenvalue weighted by atomic mass is 16.2. The molecule has 1 aliphatic heterocycles. The third-order valence-corrected chi connectivity index (χ3v) is 3.07. The van der Waals surface area contributed by atoms with Gasteiger partial charge < -0.3 is 22.9 Å². The Morgan fingerprint density at radius 1 is 0.750 bits per heavy atom. The fourth-order valence-corrected chi connectivity index (χ4v) is 2.22. The molecule has 1 saturated heterocycles. The molecule has 0 saturated carbocycles. The summed E-state index contributed by atoms with van der Waals surface area (Å²) < 4.78 is 0. The van der Waals surface area contributed by atoms with Gasteiger partial charge in [0.15, 0.2) is 0 Å². The second kappa shape index (κ2) is 6.30. The highest BCUT2D eigenvalue weighted by molar-refractivity contribution is 5.85. The van der Waals surface area contributed by atoms with Crippen molar-refractivity contribution in [3.8, 4) is 0 Å². The van der Waals surface area contributed by atoms with Gasteiger partial charge in [0.2, 0.25) is 23.6 Å². The van der Waals surface area contributed by atoms with Crippen LogP contribution in [-0.4, -0.2) is 71.7 Å². The molecule has 10 heteroatoms. The number of piperazine rings is 1. The number of nitrogens with zero attached hydrogens (tertiary/aromatic N) is 2. The predicted molar refractivity (Wildman–Crippen MR) is 67.5 cm³/mol. The lowest BCUT2D eigenvalue weighted by molar-refractivity contribution is -0.138. The summed E-state index contributed by atoms with van der Waals surface area (Å²) in [6.45, 7) is -0.526. The summed E-state index contributed by atoms with van der Waals surface area (Å²) in [6, 6.07) is -1.70. The molecular formula is C10H18N6O4. The Morgan fingerprint density at radius 2 is 1.05 bits per heavy atom. The van der Waals surface area contributed by atoms with Gasteiger partial charge in [-0.1, -0.05) is 0 Å². The number of primary amides is 4. The van der Waals surface area contributed by atoms with Crippen LogP contribution in [0.2, 0.25) is 0 Å². The van der Waals surface area contributed by atoms with Gasteiger partial charge in [-0.3, -0.25) is 29.0 Å². The Labute approximate surface area is 115 Å². The summed E-state index contributed by atoms with van der Waals surface area (Å²) in [5.74, 6) is -2.71. The Morgan fingerprint density at radius 3 is 1.25 bits per heavy atom. The maximum atomic E-state index is 11.4. The van der Waals surface area contributed by atoms with Crippen LogP contribution >= 0.6 is 0 Å². The number of hydrogen-bond donors (Lipinski definition) is 4. The van der Waals surface area contributed by atoms with E-state index in [1.165, 1.54) is 9.80 Å². The zero-order valence-corrected chi connectivity index (χ0v) is 10.8. The standard InChI is InChI=1S/C10H18N6O4/c11-7(17)3-15-1-5(9(13)19)16(4-8(12)18)2-6(15)10(14)20/h5-6H,1-4H2,(H2,11,17)(H2,12,18)(H2,13,19)(H2,14,20)/t5-,6-/m0/s1. The SMILES string of the molecule is NC(=O)CN1C[C@@H](C(N)=O)N(CC(N)=O)C[C@H]1C(N)=O. The molecule has 10 nitrogen and oxygen atoms in total. The van der Waals surface area contributed by atoms with Crippen LogP contribution in [0.3, 0.4) is 0 Å². The first kappa shape index (κ1) is 15.9. The van der Waals surface area contributed by atoms with Crippen molar-refractivity contribution in [3.63, 3.8) is 0 Å². The quantitative estimate of drug-likeness (QED) is 0.380. The van der Waals surface area contributed by atoms with Gasteiger partial charge in [-0.05, 0) is 0 Å². The third kappa shape index (κ3) is 3.90. The summed E-state index contributed by atoms with van der Waals surface area (Å²) in [4.78, 5) is 47.6. The highest BCUT2D eigenvalue weighted by Crippen LogP contribution is 2.15. The molecule has 1 rings (SSSR count). The van der Waals surface area contributed by atoms with Gasteiger partial charge in [-0.15, -0.1) is 0 Å². The van der Waals surface area contributed by atoms with Gasteiger partial charge in [-0.25, -0.2) is 0 Å². The van der Waals surface area contributed by atoms with Crippen LogP contribution in [0.25, 0.3) is 0 Å². The molecule has 0 aliphatic carbocycles. The van der Waals surface area contributed by atoms with Gasteiger partial charge in [0.25, 0.3) is 0 Å². The lowest BCUT2D eigenvalue weighted by Crippen LogP contribution is -2.66. The summed E-state index contributed by atoms with van der Waals surface area (Å²) >= 11 is 0. The Bertz CT molecular complexity index is 399. The van der Waals surface area contributed by atoms with Gasteiger partial charge in [0.05, 0.1) is 13.1 Å². The second-order valence-corrected chi connectivity index (χ2v) is 4.63. The number of nitrogens with two attached hydrogens (primary N) is 4. The Kier molecular flexibility index (Phi) is 5.00. The molecule has 4 amide bonds. The molecule has 0 spiro atoms. The van der Waals surface area contributed by atoms with Crippen molar-refractivity contribution >= 4 is 23.6 Å². The Balaban J connectivity index is 2.96. The van der Waals surface area contributed by atoms with E-state index in [2.05, 4.69) is 0 Å². The average Bonchev–Trinajstić information content (AvgIpc) is 2.28. The molecule has 20 heavy (non-hydrogen) atoms. The molecule has 1 aliphatic rings. The predicted octanol–water partition coefficient (Wildman–Crippen LogP) is -4.72. The van der Waals surface area contributed by atoms with E-state index in [4.69, 9.17) is 22.9 Å². The first-order valence-corrected chi connectivity index (χ1v) is 5.85. The van der Waals surface area contributed by atoms with E-state index in [0.29, 0.717) is 0 Å². The van der Waals surface area contributed by atoms with E-state index in [1.54, 1.807) is 0 Å². The first-order valence-electron chi connectivity index (χ1n) is 5.85. The fourth-order valence-electron chi connectivity index (χ4n) is 2.22. The Hall–Kier alpha value is -2.20. The zero-order valence-electron chi connectivity index (χ0n) is 10.8. The molecule has 0 aromatic heterocycles. The number of rotatable bonds is 6. The normalized spacial score (nSPS) is 24.2. The summed E-state index contributed by atoms with van der Waals surface area (Å²) in [6.07, 6.45) is 0. The molecule has 8 N–H and O–H groups in total. The van der Waals surface area contributed by atoms with E-state index < -0.39 is 35.7 Å². The summed E-state index contributed by atoms with van der Waals surface area (Å²) in [7, 11) is 0. The molecule has 0 radical (unpaired) electrons. The number of amides is 4. The zero-order chi connectivity index (χ0) is 15.4. The van der Waals surface area contributed by atoms with Crippen LogP contribution in [-0.2, 0) is 19.2 Å². The summed E-state index contributed by atoms with van der Waals surface area (Å²) in [5, 5.41) is 0. The van der Waals surface area contributed by atoms with Crippen molar-refractivity contribution in [1.82, 2.24) is 9.80 Å². The lowest BCUT2D eigenvalue weighted by Gasteiger charge is -2.42. The minimum absolute atomic E-state index is 0.0286. The highest BCUT2D eigenvalue weighted by Gasteiger charge is 2.39. The van der Waals surface area contributed by atoms with Crippen molar-refractivity contribution in [2.45, 2.75) is 12.1 Å². The molecule has 2 atom stereocenters. The molecule has 112 valence electrons. The van der Waals surface area contributed by atoms with Crippen LogP contribution in [0.1, 0.15) is 0 Å². The molecule has 0 aromatic rings. The van der Waals surface area contributed by atoms with Gasteiger partial charge in [0, 0.05) is 13.1 Å². The van der Waals surface area contributed by atoms with Crippen LogP contribution in [0.4, 0.5) is 0 Å². The first-order chi connectivity index (χ1) is 9.22. The van der Waals surface area contributed by atoms with Crippen molar-refractivity contribution in [1.29, 1.82) is 0 Å². The lowest BCUT2D eigenvalue weighted by atomic mass is 10.0. The minimum Gasteiger partial charge on any atom is -0.369 e. The van der Waals surface area contributed by atoms with Crippen molar-refractivity contribution in [2.75, 3.05) is 26.2 Å².